The molecule has 0 bridgehead atoms. The molecule has 2 rings (SSSR count). The molecule has 1 heterocycles. The number of benzene rings is 1. The molecule has 1 aromatic carbocycles. The number of nitro benzene ring substituents is 1. The van der Waals surface area contributed by atoms with Crippen molar-refractivity contribution in [1.29, 1.82) is 0 Å². The van der Waals surface area contributed by atoms with Crippen LogP contribution in [-0.2, 0) is 10.0 Å². The first kappa shape index (κ1) is 14.8. The quantitative estimate of drug-likeness (QED) is 0.656. The molecule has 1 saturated heterocycles. The molecule has 0 unspecified atom stereocenters. The zero-order chi connectivity index (χ0) is 14.9. The van der Waals surface area contributed by atoms with Gasteiger partial charge in [0.15, 0.2) is 0 Å². The Bertz CT molecular complexity index is 635. The van der Waals surface area contributed by atoms with Crippen molar-refractivity contribution in [3.05, 3.63) is 34.1 Å². The number of nitrogens with one attached hydrogen (secondary N) is 1. The van der Waals surface area contributed by atoms with Crippen LogP contribution in [0.4, 0.5) is 10.1 Å². The first-order valence-electron chi connectivity index (χ1n) is 6.00. The maximum Gasteiger partial charge on any atom is 0.272 e. The topological polar surface area (TPSA) is 92.6 Å². The molecule has 0 radical (unpaired) electrons. The summed E-state index contributed by atoms with van der Waals surface area (Å²) in [6.45, 7) is 2.92. The molecule has 0 amide bonds. The monoisotopic (exact) mass is 303 g/mol. The molecule has 1 aliphatic heterocycles. The Labute approximate surface area is 115 Å². The minimum atomic E-state index is -3.99. The maximum atomic E-state index is 13.9. The van der Waals surface area contributed by atoms with E-state index in [9.17, 15) is 22.9 Å². The lowest BCUT2D eigenvalue weighted by Crippen LogP contribution is -2.52. The Kier molecular flexibility index (Phi) is 4.02. The molecule has 1 fully saturated rings. The number of nitrogens with zero attached hydrogens (tertiary/aromatic N) is 2. The van der Waals surface area contributed by atoms with Crippen molar-refractivity contribution < 1.29 is 17.7 Å². The smallest absolute Gasteiger partial charge is 0.272 e. The van der Waals surface area contributed by atoms with Crippen molar-refractivity contribution in [2.75, 3.05) is 19.6 Å². The molecule has 7 nitrogen and oxygen atoms in total. The fourth-order valence-corrected chi connectivity index (χ4v) is 3.80. The molecule has 1 N–H and O–H groups in total. The fraction of sp³-hybridized carbons (Fsp3) is 0.455. The lowest BCUT2D eigenvalue weighted by molar-refractivity contribution is -0.385. The van der Waals surface area contributed by atoms with Gasteiger partial charge in [0, 0.05) is 31.7 Å². The highest BCUT2D eigenvalue weighted by atomic mass is 32.2. The van der Waals surface area contributed by atoms with Gasteiger partial charge < -0.3 is 5.32 Å². The van der Waals surface area contributed by atoms with E-state index in [4.69, 9.17) is 0 Å². The van der Waals surface area contributed by atoms with E-state index in [2.05, 4.69) is 5.32 Å². The number of hydrogen-bond acceptors (Lipinski definition) is 5. The summed E-state index contributed by atoms with van der Waals surface area (Å²) in [7, 11) is -3.99. The fourth-order valence-electron chi connectivity index (χ4n) is 2.12. The van der Waals surface area contributed by atoms with E-state index in [1.54, 1.807) is 6.92 Å². The molecule has 9 heteroatoms. The van der Waals surface area contributed by atoms with Gasteiger partial charge in [-0.3, -0.25) is 10.1 Å². The predicted octanol–water partition coefficient (Wildman–Crippen LogP) is 0.716. The Morgan fingerprint density at radius 3 is 2.75 bits per heavy atom. The summed E-state index contributed by atoms with van der Waals surface area (Å²) in [6.07, 6.45) is 0. The van der Waals surface area contributed by atoms with Gasteiger partial charge >= 0.3 is 0 Å². The highest BCUT2D eigenvalue weighted by Gasteiger charge is 2.33. The predicted molar refractivity (Wildman–Crippen MR) is 69.3 cm³/mol. The van der Waals surface area contributed by atoms with Gasteiger partial charge in [-0.05, 0) is 13.0 Å². The molecule has 0 aromatic heterocycles. The Hall–Kier alpha value is -1.58. The van der Waals surface area contributed by atoms with Gasteiger partial charge in [-0.2, -0.15) is 4.31 Å². The van der Waals surface area contributed by atoms with Crippen LogP contribution in [0.2, 0.25) is 0 Å². The SMILES string of the molecule is C[C@H]1CNCCN1S(=O)(=O)c1ccc([N+](=O)[O-])cc1F. The van der Waals surface area contributed by atoms with Crippen LogP contribution in [0.25, 0.3) is 0 Å². The summed E-state index contributed by atoms with van der Waals surface area (Å²) < 4.78 is 39.8. The average Bonchev–Trinajstić information content (AvgIpc) is 2.38. The van der Waals surface area contributed by atoms with Crippen LogP contribution >= 0.6 is 0 Å². The summed E-state index contributed by atoms with van der Waals surface area (Å²) in [5, 5.41) is 13.6. The number of halogens is 1. The third-order valence-corrected chi connectivity index (χ3v) is 5.20. The van der Waals surface area contributed by atoms with Crippen LogP contribution in [0, 0.1) is 15.9 Å². The van der Waals surface area contributed by atoms with Crippen molar-refractivity contribution in [2.45, 2.75) is 17.9 Å². The van der Waals surface area contributed by atoms with Gasteiger partial charge in [-0.1, -0.05) is 0 Å². The first-order valence-corrected chi connectivity index (χ1v) is 7.44. The van der Waals surface area contributed by atoms with E-state index in [1.165, 1.54) is 4.31 Å². The van der Waals surface area contributed by atoms with Crippen molar-refractivity contribution in [3.8, 4) is 0 Å². The number of nitro groups is 1. The number of sulfonamides is 1. The molecular weight excluding hydrogens is 289 g/mol. The van der Waals surface area contributed by atoms with Gasteiger partial charge in [-0.25, -0.2) is 12.8 Å². The average molecular weight is 303 g/mol. The molecular formula is C11H14FN3O4S. The van der Waals surface area contributed by atoms with Gasteiger partial charge in [0.25, 0.3) is 5.69 Å². The number of piperazine rings is 1. The van der Waals surface area contributed by atoms with E-state index in [-0.39, 0.29) is 12.6 Å². The molecule has 0 aliphatic carbocycles. The van der Waals surface area contributed by atoms with E-state index in [1.807, 2.05) is 0 Å². The minimum absolute atomic E-state index is 0.236. The third kappa shape index (κ3) is 2.65. The number of rotatable bonds is 3. The van der Waals surface area contributed by atoms with Crippen LogP contribution in [0.1, 0.15) is 6.92 Å². The van der Waals surface area contributed by atoms with Gasteiger partial charge in [0.05, 0.1) is 11.0 Å². The highest BCUT2D eigenvalue weighted by Crippen LogP contribution is 2.25. The van der Waals surface area contributed by atoms with Gasteiger partial charge in [0.2, 0.25) is 10.0 Å². The molecule has 0 spiro atoms. The molecule has 0 saturated carbocycles. The summed E-state index contributed by atoms with van der Waals surface area (Å²) in [4.78, 5) is 9.24. The normalized spacial score (nSPS) is 20.8. The van der Waals surface area contributed by atoms with Crippen LogP contribution in [0.3, 0.4) is 0 Å². The summed E-state index contributed by atoms with van der Waals surface area (Å²) in [5.41, 5.74) is -0.477. The van der Waals surface area contributed by atoms with E-state index in [0.717, 1.165) is 12.1 Å². The van der Waals surface area contributed by atoms with Crippen molar-refractivity contribution in [1.82, 2.24) is 9.62 Å². The summed E-state index contributed by atoms with van der Waals surface area (Å²) in [5.74, 6) is -1.11. The lowest BCUT2D eigenvalue weighted by atomic mass is 10.3. The Morgan fingerprint density at radius 2 is 2.20 bits per heavy atom. The molecule has 1 atom stereocenters. The highest BCUT2D eigenvalue weighted by molar-refractivity contribution is 7.89. The van der Waals surface area contributed by atoms with Crippen molar-refractivity contribution >= 4 is 15.7 Å². The zero-order valence-electron chi connectivity index (χ0n) is 10.7. The third-order valence-electron chi connectivity index (χ3n) is 3.15. The second-order valence-corrected chi connectivity index (χ2v) is 6.40. The second-order valence-electron chi connectivity index (χ2n) is 4.54. The van der Waals surface area contributed by atoms with Gasteiger partial charge in [-0.15, -0.1) is 0 Å². The van der Waals surface area contributed by atoms with E-state index in [0.29, 0.717) is 19.2 Å². The lowest BCUT2D eigenvalue weighted by Gasteiger charge is -2.32. The molecule has 1 aromatic rings. The Balaban J connectivity index is 2.41. The van der Waals surface area contributed by atoms with E-state index >= 15 is 0 Å². The van der Waals surface area contributed by atoms with E-state index < -0.39 is 31.3 Å². The Morgan fingerprint density at radius 1 is 1.50 bits per heavy atom. The van der Waals surface area contributed by atoms with Crippen LogP contribution in [0.15, 0.2) is 23.1 Å². The minimum Gasteiger partial charge on any atom is -0.314 e. The molecule has 110 valence electrons. The van der Waals surface area contributed by atoms with Crippen molar-refractivity contribution in [3.63, 3.8) is 0 Å². The van der Waals surface area contributed by atoms with Gasteiger partial charge in [0.1, 0.15) is 10.7 Å². The maximum absolute atomic E-state index is 13.9. The number of non-ortho nitro benzene ring substituents is 1. The molecule has 1 aliphatic rings. The summed E-state index contributed by atoms with van der Waals surface area (Å²) >= 11 is 0. The first-order chi connectivity index (χ1) is 9.34. The zero-order valence-corrected chi connectivity index (χ0v) is 11.6. The summed E-state index contributed by atoms with van der Waals surface area (Å²) in [6, 6.07) is 2.25. The van der Waals surface area contributed by atoms with Crippen molar-refractivity contribution in [2.24, 2.45) is 0 Å². The second kappa shape index (κ2) is 5.43. The van der Waals surface area contributed by atoms with Crippen LogP contribution in [0.5, 0.6) is 0 Å². The largest absolute Gasteiger partial charge is 0.314 e. The number of hydrogen-bond donors (Lipinski definition) is 1. The molecule has 20 heavy (non-hydrogen) atoms. The van der Waals surface area contributed by atoms with Crippen LogP contribution < -0.4 is 5.32 Å². The van der Waals surface area contributed by atoms with Crippen LogP contribution in [-0.4, -0.2) is 43.3 Å². The standard InChI is InChI=1S/C11H14FN3O4S/c1-8-7-13-4-5-14(8)20(18,19)11-3-2-9(15(16)17)6-10(11)12/h2-3,6,8,13H,4-5,7H2,1H3/t8-/m0/s1.